The Morgan fingerprint density at radius 1 is 1.27 bits per heavy atom. The Bertz CT molecular complexity index is 559. The van der Waals surface area contributed by atoms with Crippen molar-refractivity contribution >= 4 is 13.3 Å². The predicted octanol–water partition coefficient (Wildman–Crippen LogP) is 2.10. The summed E-state index contributed by atoms with van der Waals surface area (Å²) in [5.74, 6) is -0.630. The van der Waals surface area contributed by atoms with E-state index in [1.165, 1.54) is 0 Å². The second-order valence-electron chi connectivity index (χ2n) is 5.04. The van der Waals surface area contributed by atoms with Gasteiger partial charge in [0.2, 0.25) is 13.3 Å². The number of hydrogen-bond acceptors (Lipinski definition) is 3. The third-order valence-corrected chi connectivity index (χ3v) is 4.78. The lowest BCUT2D eigenvalue weighted by atomic mass is 10.1. The van der Waals surface area contributed by atoms with Crippen molar-refractivity contribution in [3.63, 3.8) is 0 Å². The van der Waals surface area contributed by atoms with Crippen LogP contribution in [0.1, 0.15) is 24.0 Å². The minimum Gasteiger partial charge on any atom is -0.393 e. The fourth-order valence-corrected chi connectivity index (χ4v) is 3.63. The van der Waals surface area contributed by atoms with Gasteiger partial charge in [-0.1, -0.05) is 12.1 Å². The van der Waals surface area contributed by atoms with Crippen LogP contribution in [-0.2, 0) is 21.7 Å². The topological polar surface area (TPSA) is 101 Å². The molecule has 1 aromatic rings. The lowest BCUT2D eigenvalue weighted by Crippen LogP contribution is -2.18. The van der Waals surface area contributed by atoms with Crippen molar-refractivity contribution in [2.75, 3.05) is 6.16 Å². The Balaban J connectivity index is 2.64. The number of benzene rings is 1. The first kappa shape index (κ1) is 18.7. The van der Waals surface area contributed by atoms with Crippen molar-refractivity contribution in [1.82, 2.24) is 0 Å². The van der Waals surface area contributed by atoms with Gasteiger partial charge in [-0.15, -0.1) is 0 Å². The van der Waals surface area contributed by atoms with Crippen molar-refractivity contribution < 1.29 is 32.5 Å². The van der Waals surface area contributed by atoms with E-state index in [9.17, 15) is 32.5 Å². The molecular weight excluding hydrogens is 322 g/mol. The normalized spacial score (nSPS) is 16.0. The van der Waals surface area contributed by atoms with Crippen molar-refractivity contribution in [2.24, 2.45) is 5.73 Å². The van der Waals surface area contributed by atoms with Crippen LogP contribution in [0.15, 0.2) is 24.3 Å². The summed E-state index contributed by atoms with van der Waals surface area (Å²) in [6.07, 6.45) is -6.57. The molecule has 0 aliphatic carbocycles. The molecule has 0 saturated carbocycles. The summed E-state index contributed by atoms with van der Waals surface area (Å²) < 4.78 is 49.2. The minimum absolute atomic E-state index is 0.0348. The molecule has 0 aliphatic rings. The van der Waals surface area contributed by atoms with E-state index in [1.807, 2.05) is 0 Å². The summed E-state index contributed by atoms with van der Waals surface area (Å²) >= 11 is 0. The monoisotopic (exact) mass is 339 g/mol. The summed E-state index contributed by atoms with van der Waals surface area (Å²) in [5, 5.41) is 9.57. The molecule has 2 unspecified atom stereocenters. The van der Waals surface area contributed by atoms with E-state index in [0.717, 1.165) is 24.3 Å². The molecule has 4 N–H and O–H groups in total. The van der Waals surface area contributed by atoms with Crippen LogP contribution in [-0.4, -0.2) is 28.2 Å². The molecule has 0 bridgehead atoms. The van der Waals surface area contributed by atoms with Crippen molar-refractivity contribution in [2.45, 2.75) is 31.3 Å². The summed E-state index contributed by atoms with van der Waals surface area (Å²) in [7, 11) is -3.77. The van der Waals surface area contributed by atoms with E-state index in [0.29, 0.717) is 0 Å². The quantitative estimate of drug-likeness (QED) is 0.662. The Hall–Kier alpha value is -1.37. The zero-order valence-electron chi connectivity index (χ0n) is 11.6. The molecule has 0 radical (unpaired) electrons. The number of carbonyl (C=O) groups excluding carboxylic acids is 1. The smallest absolute Gasteiger partial charge is 0.393 e. The molecule has 0 aliphatic heterocycles. The third kappa shape index (κ3) is 6.60. The van der Waals surface area contributed by atoms with Crippen LogP contribution in [0.4, 0.5) is 13.2 Å². The van der Waals surface area contributed by atoms with Crippen molar-refractivity contribution in [1.29, 1.82) is 0 Å². The molecule has 5 nitrogen and oxygen atoms in total. The Morgan fingerprint density at radius 2 is 1.82 bits per heavy atom. The number of nitrogens with two attached hydrogens (primary N) is 1. The highest BCUT2D eigenvalue weighted by Gasteiger charge is 2.30. The maximum atomic E-state index is 12.4. The Morgan fingerprint density at radius 3 is 2.27 bits per heavy atom. The number of primary amides is 1. The second kappa shape index (κ2) is 7.26. The third-order valence-electron chi connectivity index (χ3n) is 2.93. The zero-order chi connectivity index (χ0) is 17.0. The van der Waals surface area contributed by atoms with Crippen molar-refractivity contribution in [3.8, 4) is 0 Å². The molecule has 124 valence electrons. The molecule has 1 aromatic carbocycles. The van der Waals surface area contributed by atoms with Gasteiger partial charge in [-0.2, -0.15) is 13.2 Å². The van der Waals surface area contributed by atoms with E-state index in [-0.39, 0.29) is 24.6 Å². The number of amides is 1. The molecule has 0 aromatic heterocycles. The SMILES string of the molecule is NC(=O)CCC(O)CP(=O)(O)Cc1ccc(C(F)(F)F)cc1. The Kier molecular flexibility index (Phi) is 6.17. The molecule has 22 heavy (non-hydrogen) atoms. The van der Waals surface area contributed by atoms with E-state index in [2.05, 4.69) is 0 Å². The molecule has 0 heterocycles. The van der Waals surface area contributed by atoms with Crippen LogP contribution in [0.2, 0.25) is 0 Å². The summed E-state index contributed by atoms with van der Waals surface area (Å²) in [4.78, 5) is 20.4. The molecule has 0 saturated heterocycles. The molecule has 9 heteroatoms. The van der Waals surface area contributed by atoms with Gasteiger partial charge >= 0.3 is 6.18 Å². The van der Waals surface area contributed by atoms with Crippen molar-refractivity contribution in [3.05, 3.63) is 35.4 Å². The van der Waals surface area contributed by atoms with Crippen LogP contribution in [0.25, 0.3) is 0 Å². The average Bonchev–Trinajstić information content (AvgIpc) is 2.34. The van der Waals surface area contributed by atoms with E-state index in [4.69, 9.17) is 5.73 Å². The second-order valence-corrected chi connectivity index (χ2v) is 7.41. The fraction of sp³-hybridized carbons (Fsp3) is 0.462. The lowest BCUT2D eigenvalue weighted by Gasteiger charge is -2.16. The van der Waals surface area contributed by atoms with E-state index in [1.54, 1.807) is 0 Å². The van der Waals surface area contributed by atoms with Gasteiger partial charge in [0.05, 0.1) is 17.8 Å². The van der Waals surface area contributed by atoms with Crippen LogP contribution >= 0.6 is 7.37 Å². The summed E-state index contributed by atoms with van der Waals surface area (Å²) in [6.45, 7) is 0. The fourth-order valence-electron chi connectivity index (χ4n) is 1.88. The Labute approximate surface area is 125 Å². The van der Waals surface area contributed by atoms with Crippen LogP contribution < -0.4 is 5.73 Å². The van der Waals surface area contributed by atoms with Gasteiger partial charge in [-0.3, -0.25) is 9.36 Å². The summed E-state index contributed by atoms with van der Waals surface area (Å²) in [6, 6.07) is 3.92. The highest BCUT2D eigenvalue weighted by Crippen LogP contribution is 2.45. The van der Waals surface area contributed by atoms with Gasteiger partial charge < -0.3 is 15.7 Å². The number of alkyl halides is 3. The van der Waals surface area contributed by atoms with Gasteiger partial charge in [0.15, 0.2) is 0 Å². The maximum Gasteiger partial charge on any atom is 0.416 e. The summed E-state index contributed by atoms with van der Waals surface area (Å²) in [5.41, 5.74) is 4.33. The lowest BCUT2D eigenvalue weighted by molar-refractivity contribution is -0.137. The van der Waals surface area contributed by atoms with E-state index >= 15 is 0 Å². The number of hydrogen-bond donors (Lipinski definition) is 3. The number of aliphatic hydroxyl groups is 1. The van der Waals surface area contributed by atoms with Crippen LogP contribution in [0.5, 0.6) is 0 Å². The minimum atomic E-state index is -4.47. The standard InChI is InChI=1S/C13H17F3NO4P/c14-13(15,16)10-3-1-9(2-4-10)7-22(20,21)8-11(18)5-6-12(17)19/h1-4,11,18H,5-8H2,(H2,17,19)(H,20,21). The number of halogens is 3. The van der Waals surface area contributed by atoms with Crippen LogP contribution in [0, 0.1) is 0 Å². The molecule has 0 spiro atoms. The van der Waals surface area contributed by atoms with E-state index < -0.39 is 37.3 Å². The first-order chi connectivity index (χ1) is 9.99. The maximum absolute atomic E-state index is 12.4. The van der Waals surface area contributed by atoms with Gasteiger partial charge in [0.1, 0.15) is 0 Å². The zero-order valence-corrected chi connectivity index (χ0v) is 12.5. The predicted molar refractivity (Wildman–Crippen MR) is 74.3 cm³/mol. The highest BCUT2D eigenvalue weighted by molar-refractivity contribution is 7.57. The first-order valence-corrected chi connectivity index (χ1v) is 8.46. The molecule has 1 rings (SSSR count). The number of carbonyl (C=O) groups is 1. The van der Waals surface area contributed by atoms with Gasteiger partial charge in [-0.25, -0.2) is 0 Å². The highest BCUT2D eigenvalue weighted by atomic mass is 31.2. The molecule has 2 atom stereocenters. The van der Waals surface area contributed by atoms with Gasteiger partial charge in [0.25, 0.3) is 0 Å². The van der Waals surface area contributed by atoms with Gasteiger partial charge in [-0.05, 0) is 24.1 Å². The molecule has 0 fully saturated rings. The first-order valence-electron chi connectivity index (χ1n) is 6.43. The number of rotatable bonds is 7. The average molecular weight is 339 g/mol. The van der Waals surface area contributed by atoms with Gasteiger partial charge in [0, 0.05) is 12.6 Å². The molecule has 1 amide bonds. The molecular formula is C13H17F3NO4P. The number of aliphatic hydroxyl groups excluding tert-OH is 1. The largest absolute Gasteiger partial charge is 0.416 e. The van der Waals surface area contributed by atoms with Crippen LogP contribution in [0.3, 0.4) is 0 Å².